The SMILES string of the molecule is CCc1cccc(-n2c(C)c3cnn(C4=NCCC=C4)c(=O)c3c2C)c1C. The standard InChI is InChI=1S/C22H24N4O/c1-5-17-9-8-10-19(14(17)2)25-15(3)18-13-24-26(20-11-6-7-12-23-20)22(27)21(18)16(25)4/h6,8-11,13H,5,7,12H2,1-4H3. The maximum atomic E-state index is 13.2. The predicted octanol–water partition coefficient (Wildman–Crippen LogP) is 3.88. The lowest BCUT2D eigenvalue weighted by Gasteiger charge is -2.15. The lowest BCUT2D eigenvalue weighted by atomic mass is 10.0. The molecule has 27 heavy (non-hydrogen) atoms. The maximum absolute atomic E-state index is 13.2. The van der Waals surface area contributed by atoms with E-state index in [1.807, 2.05) is 19.1 Å². The second-order valence-corrected chi connectivity index (χ2v) is 7.00. The molecule has 5 nitrogen and oxygen atoms in total. The summed E-state index contributed by atoms with van der Waals surface area (Å²) in [6, 6.07) is 6.37. The highest BCUT2D eigenvalue weighted by Gasteiger charge is 2.19. The number of aliphatic imine (C=N–C) groups is 1. The van der Waals surface area contributed by atoms with Gasteiger partial charge in [0.15, 0.2) is 5.84 Å². The van der Waals surface area contributed by atoms with Crippen molar-refractivity contribution in [2.75, 3.05) is 6.54 Å². The van der Waals surface area contributed by atoms with E-state index < -0.39 is 0 Å². The zero-order chi connectivity index (χ0) is 19.1. The number of aryl methyl sites for hydroxylation is 3. The summed E-state index contributed by atoms with van der Waals surface area (Å²) in [4.78, 5) is 17.7. The number of aromatic nitrogens is 3. The molecule has 0 amide bonds. The van der Waals surface area contributed by atoms with Gasteiger partial charge in [-0.25, -0.2) is 0 Å². The van der Waals surface area contributed by atoms with Crippen molar-refractivity contribution in [2.45, 2.75) is 40.5 Å². The summed E-state index contributed by atoms with van der Waals surface area (Å²) in [5.74, 6) is 0.613. The average molecular weight is 360 g/mol. The summed E-state index contributed by atoms with van der Waals surface area (Å²) >= 11 is 0. The van der Waals surface area contributed by atoms with E-state index in [2.05, 4.69) is 53.6 Å². The van der Waals surface area contributed by atoms with Crippen molar-refractivity contribution < 1.29 is 0 Å². The van der Waals surface area contributed by atoms with E-state index in [9.17, 15) is 4.79 Å². The van der Waals surface area contributed by atoms with Crippen LogP contribution in [0.4, 0.5) is 0 Å². The van der Waals surface area contributed by atoms with Crippen LogP contribution in [0.25, 0.3) is 16.5 Å². The molecule has 3 heterocycles. The van der Waals surface area contributed by atoms with Gasteiger partial charge in [-0.3, -0.25) is 9.79 Å². The smallest absolute Gasteiger partial charge is 0.282 e. The second kappa shape index (κ2) is 6.65. The molecule has 138 valence electrons. The number of nitrogens with zero attached hydrogens (tertiary/aromatic N) is 4. The normalized spacial score (nSPS) is 14.0. The zero-order valence-electron chi connectivity index (χ0n) is 16.3. The van der Waals surface area contributed by atoms with Gasteiger partial charge in [0.05, 0.1) is 11.6 Å². The molecule has 5 heteroatoms. The molecule has 1 aliphatic heterocycles. The molecule has 3 aromatic rings. The van der Waals surface area contributed by atoms with Crippen LogP contribution in [0.1, 0.15) is 35.9 Å². The molecular weight excluding hydrogens is 336 g/mol. The Balaban J connectivity index is 2.00. The molecule has 2 aromatic heterocycles. The van der Waals surface area contributed by atoms with Crippen molar-refractivity contribution in [3.8, 4) is 5.69 Å². The van der Waals surface area contributed by atoms with Crippen molar-refractivity contribution in [3.05, 3.63) is 69.4 Å². The largest absolute Gasteiger partial charge is 0.317 e. The highest BCUT2D eigenvalue weighted by molar-refractivity contribution is 5.97. The van der Waals surface area contributed by atoms with Crippen LogP contribution in [0, 0.1) is 20.8 Å². The Morgan fingerprint density at radius 2 is 1.96 bits per heavy atom. The fourth-order valence-corrected chi connectivity index (χ4v) is 4.01. The highest BCUT2D eigenvalue weighted by atomic mass is 16.1. The van der Waals surface area contributed by atoms with Crippen LogP contribution in [-0.4, -0.2) is 26.7 Å². The molecule has 0 fully saturated rings. The van der Waals surface area contributed by atoms with Gasteiger partial charge in [0, 0.05) is 29.0 Å². The fraction of sp³-hybridized carbons (Fsp3) is 0.318. The Bertz CT molecular complexity index is 1160. The van der Waals surface area contributed by atoms with Crippen LogP contribution in [0.2, 0.25) is 0 Å². The molecule has 1 aliphatic rings. The van der Waals surface area contributed by atoms with Gasteiger partial charge >= 0.3 is 0 Å². The second-order valence-electron chi connectivity index (χ2n) is 7.00. The molecule has 0 radical (unpaired) electrons. The first kappa shape index (κ1) is 17.5. The maximum Gasteiger partial charge on any atom is 0.282 e. The van der Waals surface area contributed by atoms with Gasteiger partial charge in [-0.2, -0.15) is 9.78 Å². The third-order valence-corrected chi connectivity index (χ3v) is 5.49. The Kier molecular flexibility index (Phi) is 4.30. The van der Waals surface area contributed by atoms with Crippen LogP contribution < -0.4 is 5.56 Å². The molecule has 0 atom stereocenters. The van der Waals surface area contributed by atoms with Crippen molar-refractivity contribution in [1.82, 2.24) is 14.3 Å². The molecule has 0 unspecified atom stereocenters. The van der Waals surface area contributed by atoms with Gasteiger partial charge in [-0.15, -0.1) is 0 Å². The Labute approximate surface area is 158 Å². The van der Waals surface area contributed by atoms with Gasteiger partial charge in [-0.05, 0) is 56.9 Å². The number of hydrogen-bond acceptors (Lipinski definition) is 3. The van der Waals surface area contributed by atoms with E-state index in [4.69, 9.17) is 0 Å². The Hall–Kier alpha value is -2.95. The summed E-state index contributed by atoms with van der Waals surface area (Å²) in [5.41, 5.74) is 5.57. The molecule has 4 rings (SSSR count). The summed E-state index contributed by atoms with van der Waals surface area (Å²) < 4.78 is 3.61. The number of benzene rings is 1. The Morgan fingerprint density at radius 1 is 1.15 bits per heavy atom. The molecule has 0 N–H and O–H groups in total. The van der Waals surface area contributed by atoms with Crippen molar-refractivity contribution >= 4 is 16.6 Å². The summed E-state index contributed by atoms with van der Waals surface area (Å²) in [7, 11) is 0. The third-order valence-electron chi connectivity index (χ3n) is 5.49. The number of allylic oxidation sites excluding steroid dienone is 1. The first-order valence-electron chi connectivity index (χ1n) is 9.44. The minimum absolute atomic E-state index is 0.110. The molecular formula is C22H24N4O. The van der Waals surface area contributed by atoms with E-state index in [0.717, 1.165) is 35.3 Å². The van der Waals surface area contributed by atoms with Crippen molar-refractivity contribution in [2.24, 2.45) is 4.99 Å². The quantitative estimate of drug-likeness (QED) is 0.696. The van der Waals surface area contributed by atoms with Gasteiger partial charge < -0.3 is 4.57 Å². The summed E-state index contributed by atoms with van der Waals surface area (Å²) in [6.07, 6.45) is 7.59. The number of fused-ring (bicyclic) bond motifs is 1. The third kappa shape index (κ3) is 2.65. The van der Waals surface area contributed by atoms with Crippen molar-refractivity contribution in [1.29, 1.82) is 0 Å². The minimum atomic E-state index is -0.110. The van der Waals surface area contributed by atoms with Crippen LogP contribution in [0.3, 0.4) is 0 Å². The summed E-state index contributed by atoms with van der Waals surface area (Å²) in [5, 5.41) is 6.02. The lowest BCUT2D eigenvalue weighted by Crippen LogP contribution is -2.29. The predicted molar refractivity (Wildman–Crippen MR) is 110 cm³/mol. The molecule has 0 bridgehead atoms. The summed E-state index contributed by atoms with van der Waals surface area (Å²) in [6.45, 7) is 9.07. The van der Waals surface area contributed by atoms with E-state index >= 15 is 0 Å². The minimum Gasteiger partial charge on any atom is -0.317 e. The molecule has 1 aromatic carbocycles. The monoisotopic (exact) mass is 360 g/mol. The molecule has 0 aliphatic carbocycles. The van der Waals surface area contributed by atoms with E-state index in [0.29, 0.717) is 17.8 Å². The Morgan fingerprint density at radius 3 is 2.67 bits per heavy atom. The van der Waals surface area contributed by atoms with Crippen LogP contribution >= 0.6 is 0 Å². The number of rotatable bonds is 2. The van der Waals surface area contributed by atoms with Gasteiger partial charge in [0.1, 0.15) is 0 Å². The van der Waals surface area contributed by atoms with Crippen LogP contribution in [-0.2, 0) is 6.42 Å². The number of hydrogen-bond donors (Lipinski definition) is 0. The topological polar surface area (TPSA) is 52.2 Å². The first-order valence-corrected chi connectivity index (χ1v) is 9.44. The van der Waals surface area contributed by atoms with E-state index in [1.165, 1.54) is 15.8 Å². The van der Waals surface area contributed by atoms with Gasteiger partial charge in [-0.1, -0.05) is 25.1 Å². The van der Waals surface area contributed by atoms with E-state index in [1.54, 1.807) is 6.20 Å². The zero-order valence-corrected chi connectivity index (χ0v) is 16.3. The number of dihydropyridines is 1. The highest BCUT2D eigenvalue weighted by Crippen LogP contribution is 2.28. The molecule has 0 saturated heterocycles. The first-order chi connectivity index (χ1) is 13.0. The van der Waals surface area contributed by atoms with Gasteiger partial charge in [0.2, 0.25) is 0 Å². The molecule has 0 saturated carbocycles. The van der Waals surface area contributed by atoms with Crippen molar-refractivity contribution in [3.63, 3.8) is 0 Å². The fourth-order valence-electron chi connectivity index (χ4n) is 4.01. The van der Waals surface area contributed by atoms with Gasteiger partial charge in [0.25, 0.3) is 5.56 Å². The lowest BCUT2D eigenvalue weighted by molar-refractivity contribution is 0.847. The van der Waals surface area contributed by atoms with Crippen LogP contribution in [0.15, 0.2) is 46.3 Å². The molecule has 0 spiro atoms. The van der Waals surface area contributed by atoms with Crippen LogP contribution in [0.5, 0.6) is 0 Å². The average Bonchev–Trinajstić information content (AvgIpc) is 2.94. The van der Waals surface area contributed by atoms with E-state index in [-0.39, 0.29) is 5.56 Å².